The van der Waals surface area contributed by atoms with E-state index in [0.717, 1.165) is 12.1 Å². The normalized spacial score (nSPS) is 21.6. The predicted molar refractivity (Wildman–Crippen MR) is 133 cm³/mol. The van der Waals surface area contributed by atoms with Crippen molar-refractivity contribution in [1.82, 2.24) is 0 Å². The van der Waals surface area contributed by atoms with Crippen LogP contribution in [0, 0.1) is 104 Å². The van der Waals surface area contributed by atoms with E-state index >= 15 is 26.3 Å². The zero-order valence-electron chi connectivity index (χ0n) is 25.0. The van der Waals surface area contributed by atoms with Crippen LogP contribution in [0.1, 0.15) is 46.2 Å². The topological polar surface area (TPSA) is 47.6 Å². The van der Waals surface area contributed by atoms with Crippen LogP contribution in [-0.2, 0) is 18.5 Å². The molecule has 0 aromatic heterocycles. The maximum Gasteiger partial charge on any atom is 0.422 e. The third-order valence-electron chi connectivity index (χ3n) is 8.82. The van der Waals surface area contributed by atoms with E-state index in [4.69, 9.17) is 0 Å². The molecule has 2 nitrogen and oxygen atoms in total. The van der Waals surface area contributed by atoms with Gasteiger partial charge in [0.2, 0.25) is 0 Å². The minimum absolute atomic E-state index is 0.606. The summed E-state index contributed by atoms with van der Waals surface area (Å²) in [6, 6.07) is 1.52. The van der Waals surface area contributed by atoms with Crippen LogP contribution in [0.15, 0.2) is 11.1 Å². The van der Waals surface area contributed by atoms with Crippen molar-refractivity contribution in [3.05, 3.63) is 114 Å². The van der Waals surface area contributed by atoms with E-state index in [2.05, 4.69) is 0 Å². The van der Waals surface area contributed by atoms with Crippen LogP contribution in [0.4, 0.5) is 92.2 Å². The van der Waals surface area contributed by atoms with E-state index < -0.39 is 161 Å². The van der Waals surface area contributed by atoms with Crippen LogP contribution in [0.2, 0.25) is 0 Å². The molecule has 0 aliphatic heterocycles. The third kappa shape index (κ3) is 5.21. The van der Waals surface area contributed by atoms with Crippen molar-refractivity contribution in [2.75, 3.05) is 0 Å². The zero-order valence-corrected chi connectivity index (χ0v) is 25.0. The smallest absolute Gasteiger partial charge is 0.203 e. The Bertz CT molecular complexity index is 2160. The molecule has 0 bridgehead atoms. The quantitative estimate of drug-likeness (QED) is 0.150. The van der Waals surface area contributed by atoms with Gasteiger partial charge in [-0.05, 0) is 17.1 Å². The molecule has 5 rings (SSSR count). The van der Waals surface area contributed by atoms with Crippen LogP contribution < -0.4 is 0 Å². The highest BCUT2D eigenvalue weighted by Crippen LogP contribution is 2.87. The Morgan fingerprint density at radius 2 is 0.685 bits per heavy atom. The van der Waals surface area contributed by atoms with Crippen molar-refractivity contribution in [2.24, 2.45) is 11.3 Å². The molecular formula is C31H5F21N2. The number of allylic oxidation sites excluding steroid dienone is 4. The lowest BCUT2D eigenvalue weighted by Gasteiger charge is -2.14. The summed E-state index contributed by atoms with van der Waals surface area (Å²) in [7, 11) is 0. The van der Waals surface area contributed by atoms with E-state index in [1.54, 1.807) is 0 Å². The molecule has 23 heteroatoms. The molecule has 3 aromatic rings. The molecule has 3 atom stereocenters. The molecule has 2 fully saturated rings. The van der Waals surface area contributed by atoms with Gasteiger partial charge in [-0.1, -0.05) is 6.92 Å². The van der Waals surface area contributed by atoms with Gasteiger partial charge in [-0.2, -0.15) is 50.0 Å². The molecule has 286 valence electrons. The monoisotopic (exact) mass is 804 g/mol. The number of hydrogen-bond acceptors (Lipinski definition) is 2. The van der Waals surface area contributed by atoms with Gasteiger partial charge in [-0.15, -0.1) is 0 Å². The molecule has 0 amide bonds. The van der Waals surface area contributed by atoms with Crippen LogP contribution in [-0.4, -0.2) is 0 Å². The Kier molecular flexibility index (Phi) is 8.91. The van der Waals surface area contributed by atoms with Crippen molar-refractivity contribution in [3.63, 3.8) is 0 Å². The van der Waals surface area contributed by atoms with Gasteiger partial charge in [0.05, 0.1) is 22.3 Å². The third-order valence-corrected chi connectivity index (χ3v) is 8.82. The molecular weight excluding hydrogens is 799 g/mol. The predicted octanol–water partition coefficient (Wildman–Crippen LogP) is 11.1. The lowest BCUT2D eigenvalue weighted by molar-refractivity contribution is -0.144. The zero-order chi connectivity index (χ0) is 41.3. The van der Waals surface area contributed by atoms with Crippen LogP contribution in [0.5, 0.6) is 0 Å². The van der Waals surface area contributed by atoms with E-state index in [9.17, 15) is 76.4 Å². The average molecular weight is 804 g/mol. The van der Waals surface area contributed by atoms with E-state index in [-0.39, 0.29) is 0 Å². The van der Waals surface area contributed by atoms with Crippen LogP contribution in [0.3, 0.4) is 0 Å². The highest BCUT2D eigenvalue weighted by molar-refractivity contribution is 6.02. The van der Waals surface area contributed by atoms with Crippen molar-refractivity contribution >= 4 is 11.1 Å². The van der Waals surface area contributed by atoms with E-state index in [1.165, 1.54) is 0 Å². The maximum absolute atomic E-state index is 15.2. The summed E-state index contributed by atoms with van der Waals surface area (Å²) in [5.74, 6) is -42.5. The number of hydrogen-bond donors (Lipinski definition) is 0. The Morgan fingerprint density at radius 1 is 0.444 bits per heavy atom. The molecule has 2 aliphatic carbocycles. The molecule has 2 aliphatic rings. The van der Waals surface area contributed by atoms with E-state index in [0.29, 0.717) is 6.92 Å². The first-order valence-corrected chi connectivity index (χ1v) is 13.7. The largest absolute Gasteiger partial charge is 0.422 e. The summed E-state index contributed by atoms with van der Waals surface area (Å²) in [6.07, 6.45) is -18.6. The number of nitriles is 2. The van der Waals surface area contributed by atoms with Crippen molar-refractivity contribution in [2.45, 2.75) is 31.4 Å². The highest BCUT2D eigenvalue weighted by Gasteiger charge is 2.80. The standard InChI is InChI=1S/C31H5F21N2/c1-4-10(9-20(36)26(42)15(31(50,51)52)27(43)21(9)37)28(4)11(5(2-53)7-16(32)22(38)13(29(44,45)46)23(39)17(7)33)12(28)6(3-54)8-18(34)24(40)14(30(47,48)49)25(41)19(8)35/h4,10H,1H3/b11-5-,12-6+. The Labute approximate surface area is 283 Å². The Hall–Kier alpha value is -5.35. The number of alkyl halides is 9. The molecule has 3 aromatic carbocycles. The number of benzene rings is 3. The van der Waals surface area contributed by atoms with Crippen LogP contribution >= 0.6 is 0 Å². The number of halogens is 21. The first-order valence-electron chi connectivity index (χ1n) is 13.7. The Morgan fingerprint density at radius 3 is 0.907 bits per heavy atom. The van der Waals surface area contributed by atoms with Gasteiger partial charge in [-0.25, -0.2) is 52.7 Å². The molecule has 0 heterocycles. The first kappa shape index (κ1) is 39.8. The summed E-state index contributed by atoms with van der Waals surface area (Å²) in [4.78, 5) is 0. The summed E-state index contributed by atoms with van der Waals surface area (Å²) in [6.45, 7) is 0.606. The SMILES string of the molecule is CC1C(c2c(F)c(F)c(C(F)(F)F)c(F)c2F)C12C(=C(/C#N)c1c(F)c(F)c(C(F)(F)F)c(F)c1F)/C2=C(/C#N)c1c(F)c(F)c(C(F)(F)F)c(F)c1F. The summed E-state index contributed by atoms with van der Waals surface area (Å²) >= 11 is 0. The van der Waals surface area contributed by atoms with Gasteiger partial charge >= 0.3 is 18.5 Å². The number of rotatable bonds is 3. The second kappa shape index (κ2) is 12.1. The second-order valence-corrected chi connectivity index (χ2v) is 11.4. The molecule has 0 saturated heterocycles. The van der Waals surface area contributed by atoms with Gasteiger partial charge < -0.3 is 0 Å². The van der Waals surface area contributed by atoms with Gasteiger partial charge in [-0.3, -0.25) is 0 Å². The summed E-state index contributed by atoms with van der Waals surface area (Å²) < 4.78 is 298. The lowest BCUT2D eigenvalue weighted by atomic mass is 9.98. The number of nitrogens with zero attached hydrogens (tertiary/aromatic N) is 2. The van der Waals surface area contributed by atoms with E-state index in [1.807, 2.05) is 0 Å². The fourth-order valence-corrected chi connectivity index (χ4v) is 6.62. The molecule has 54 heavy (non-hydrogen) atoms. The van der Waals surface area contributed by atoms with Crippen molar-refractivity contribution in [1.29, 1.82) is 10.5 Å². The fraction of sp³-hybridized carbons (Fsp3) is 0.226. The molecule has 3 unspecified atom stereocenters. The Balaban J connectivity index is 1.99. The summed E-state index contributed by atoms with van der Waals surface area (Å²) in [5.41, 5.74) is -27.2. The average Bonchev–Trinajstić information content (AvgIpc) is 3.88. The fourth-order valence-electron chi connectivity index (χ4n) is 6.62. The van der Waals surface area contributed by atoms with Crippen molar-refractivity contribution < 1.29 is 92.2 Å². The van der Waals surface area contributed by atoms with Gasteiger partial charge in [0.15, 0.2) is 69.8 Å². The molecule has 2 saturated carbocycles. The van der Waals surface area contributed by atoms with Gasteiger partial charge in [0, 0.05) is 16.9 Å². The van der Waals surface area contributed by atoms with Gasteiger partial charge in [0.1, 0.15) is 28.8 Å². The molecule has 0 N–H and O–H groups in total. The highest BCUT2D eigenvalue weighted by atomic mass is 19.4. The molecule has 0 radical (unpaired) electrons. The minimum atomic E-state index is -6.22. The minimum Gasteiger partial charge on any atom is -0.203 e. The van der Waals surface area contributed by atoms with Crippen molar-refractivity contribution in [3.8, 4) is 12.1 Å². The maximum atomic E-state index is 15.2. The molecule has 1 spiro atoms. The second-order valence-electron chi connectivity index (χ2n) is 11.4. The lowest BCUT2D eigenvalue weighted by Crippen LogP contribution is -2.17. The van der Waals surface area contributed by atoms with Gasteiger partial charge in [0.25, 0.3) is 0 Å². The first-order chi connectivity index (χ1) is 24.6. The van der Waals surface area contributed by atoms with Crippen LogP contribution in [0.25, 0.3) is 11.1 Å². The summed E-state index contributed by atoms with van der Waals surface area (Å²) in [5, 5.41) is 19.7.